The monoisotopic (exact) mass is 279 g/mol. The summed E-state index contributed by atoms with van der Waals surface area (Å²) in [4.78, 5) is 0. The van der Waals surface area contributed by atoms with Crippen molar-refractivity contribution in [3.05, 3.63) is 18.0 Å². The number of aromatic nitrogens is 2. The molecule has 114 valence electrons. The molecule has 1 atom stereocenters. The summed E-state index contributed by atoms with van der Waals surface area (Å²) < 4.78 is 8.13. The Labute approximate surface area is 122 Å². The van der Waals surface area contributed by atoms with Gasteiger partial charge in [-0.05, 0) is 57.6 Å². The van der Waals surface area contributed by atoms with Gasteiger partial charge in [0.15, 0.2) is 0 Å². The van der Waals surface area contributed by atoms with Gasteiger partial charge in [-0.25, -0.2) is 0 Å². The van der Waals surface area contributed by atoms with Crippen LogP contribution < -0.4 is 5.32 Å². The molecule has 4 nitrogen and oxygen atoms in total. The van der Waals surface area contributed by atoms with Gasteiger partial charge in [0.05, 0.1) is 11.8 Å². The highest BCUT2D eigenvalue weighted by Crippen LogP contribution is 2.38. The van der Waals surface area contributed by atoms with Gasteiger partial charge in [-0.2, -0.15) is 5.10 Å². The number of aryl methyl sites for hydroxylation is 1. The molecular formula is C16H29N3O. The van der Waals surface area contributed by atoms with E-state index in [4.69, 9.17) is 4.74 Å². The van der Waals surface area contributed by atoms with Crippen molar-refractivity contribution in [1.82, 2.24) is 15.1 Å². The standard InChI is InChI=1S/C16H29N3O/c1-5-20-16(8-6-13(2)7-9-16)15(17-3)10-14-11-18-19(4)12-14/h11-13,15,17H,5-10H2,1-4H3. The average Bonchev–Trinajstić information content (AvgIpc) is 2.85. The molecule has 2 rings (SSSR count). The lowest BCUT2D eigenvalue weighted by atomic mass is 9.74. The average molecular weight is 279 g/mol. The van der Waals surface area contributed by atoms with E-state index in [9.17, 15) is 0 Å². The highest BCUT2D eigenvalue weighted by Gasteiger charge is 2.41. The van der Waals surface area contributed by atoms with Gasteiger partial charge in [0, 0.05) is 25.9 Å². The number of likely N-dealkylation sites (N-methyl/N-ethyl adjacent to an activating group) is 1. The summed E-state index contributed by atoms with van der Waals surface area (Å²) in [6.45, 7) is 5.25. The fourth-order valence-corrected chi connectivity index (χ4v) is 3.50. The molecule has 1 unspecified atom stereocenters. The van der Waals surface area contributed by atoms with Crippen molar-refractivity contribution in [3.63, 3.8) is 0 Å². The third kappa shape index (κ3) is 3.41. The lowest BCUT2D eigenvalue weighted by Gasteiger charge is -2.44. The smallest absolute Gasteiger partial charge is 0.0837 e. The fraction of sp³-hybridized carbons (Fsp3) is 0.812. The Kier molecular flexibility index (Phi) is 5.22. The van der Waals surface area contributed by atoms with Crippen LogP contribution in [-0.2, 0) is 18.2 Å². The van der Waals surface area contributed by atoms with Gasteiger partial charge in [0.1, 0.15) is 0 Å². The third-order valence-electron chi connectivity index (χ3n) is 4.73. The Morgan fingerprint density at radius 2 is 2.20 bits per heavy atom. The zero-order valence-corrected chi connectivity index (χ0v) is 13.4. The molecule has 0 amide bonds. The molecule has 0 radical (unpaired) electrons. The summed E-state index contributed by atoms with van der Waals surface area (Å²) in [5.74, 6) is 0.833. The highest BCUT2D eigenvalue weighted by atomic mass is 16.5. The van der Waals surface area contributed by atoms with E-state index in [2.05, 4.69) is 37.5 Å². The second-order valence-corrected chi connectivity index (χ2v) is 6.25. The van der Waals surface area contributed by atoms with Crippen molar-refractivity contribution in [2.45, 2.75) is 57.6 Å². The van der Waals surface area contributed by atoms with E-state index >= 15 is 0 Å². The van der Waals surface area contributed by atoms with Crippen molar-refractivity contribution >= 4 is 0 Å². The molecule has 1 N–H and O–H groups in total. The minimum atomic E-state index is -0.00808. The van der Waals surface area contributed by atoms with Crippen molar-refractivity contribution in [1.29, 1.82) is 0 Å². The van der Waals surface area contributed by atoms with Gasteiger partial charge >= 0.3 is 0 Å². The summed E-state index contributed by atoms with van der Waals surface area (Å²) in [7, 11) is 4.03. The first kappa shape index (κ1) is 15.5. The molecule has 1 aliphatic carbocycles. The Morgan fingerprint density at radius 1 is 1.50 bits per heavy atom. The van der Waals surface area contributed by atoms with Crippen LogP contribution in [0.25, 0.3) is 0 Å². The van der Waals surface area contributed by atoms with Crippen LogP contribution in [0.2, 0.25) is 0 Å². The molecule has 1 aliphatic rings. The molecule has 4 heteroatoms. The van der Waals surface area contributed by atoms with Crippen LogP contribution in [0.1, 0.15) is 45.1 Å². The molecule has 0 saturated heterocycles. The first-order chi connectivity index (χ1) is 9.59. The Bertz CT molecular complexity index is 408. The van der Waals surface area contributed by atoms with Crippen molar-refractivity contribution < 1.29 is 4.74 Å². The van der Waals surface area contributed by atoms with Crippen LogP contribution in [0.4, 0.5) is 0 Å². The molecule has 1 fully saturated rings. The first-order valence-electron chi connectivity index (χ1n) is 7.88. The minimum Gasteiger partial charge on any atom is -0.374 e. The molecular weight excluding hydrogens is 250 g/mol. The second kappa shape index (κ2) is 6.72. The van der Waals surface area contributed by atoms with Crippen LogP contribution in [0.5, 0.6) is 0 Å². The van der Waals surface area contributed by atoms with E-state index in [0.717, 1.165) is 31.8 Å². The van der Waals surface area contributed by atoms with E-state index in [1.807, 2.05) is 17.9 Å². The van der Waals surface area contributed by atoms with Gasteiger partial charge in [0.25, 0.3) is 0 Å². The zero-order valence-electron chi connectivity index (χ0n) is 13.4. The largest absolute Gasteiger partial charge is 0.374 e. The quantitative estimate of drug-likeness (QED) is 0.870. The van der Waals surface area contributed by atoms with Crippen LogP contribution in [0, 0.1) is 5.92 Å². The number of hydrogen-bond donors (Lipinski definition) is 1. The van der Waals surface area contributed by atoms with E-state index in [-0.39, 0.29) is 5.60 Å². The maximum atomic E-state index is 6.26. The highest BCUT2D eigenvalue weighted by molar-refractivity contribution is 5.10. The summed E-state index contributed by atoms with van der Waals surface area (Å²) >= 11 is 0. The van der Waals surface area contributed by atoms with Gasteiger partial charge in [-0.1, -0.05) is 6.92 Å². The van der Waals surface area contributed by atoms with E-state index in [0.29, 0.717) is 6.04 Å². The van der Waals surface area contributed by atoms with Gasteiger partial charge in [-0.15, -0.1) is 0 Å². The molecule has 1 heterocycles. The molecule has 1 saturated carbocycles. The van der Waals surface area contributed by atoms with Crippen molar-refractivity contribution in [2.24, 2.45) is 13.0 Å². The number of rotatable bonds is 6. The molecule has 20 heavy (non-hydrogen) atoms. The SMILES string of the molecule is CCOC1(C(Cc2cnn(C)c2)NC)CCC(C)CC1. The molecule has 1 aromatic heterocycles. The lowest BCUT2D eigenvalue weighted by molar-refractivity contribution is -0.0947. The van der Waals surface area contributed by atoms with Crippen LogP contribution >= 0.6 is 0 Å². The number of nitrogens with one attached hydrogen (secondary N) is 1. The second-order valence-electron chi connectivity index (χ2n) is 6.25. The molecule has 0 bridgehead atoms. The van der Waals surface area contributed by atoms with E-state index in [1.54, 1.807) is 0 Å². The normalized spacial score (nSPS) is 28.5. The van der Waals surface area contributed by atoms with Crippen LogP contribution in [0.15, 0.2) is 12.4 Å². The molecule has 0 aromatic carbocycles. The maximum Gasteiger partial charge on any atom is 0.0837 e. The summed E-state index contributed by atoms with van der Waals surface area (Å²) in [5.41, 5.74) is 1.27. The van der Waals surface area contributed by atoms with Crippen molar-refractivity contribution in [2.75, 3.05) is 13.7 Å². The topological polar surface area (TPSA) is 39.1 Å². The molecule has 0 aliphatic heterocycles. The van der Waals surface area contributed by atoms with Gasteiger partial charge in [-0.3, -0.25) is 4.68 Å². The number of ether oxygens (including phenoxy) is 1. The lowest BCUT2D eigenvalue weighted by Crippen LogP contribution is -2.54. The predicted molar refractivity (Wildman–Crippen MR) is 81.7 cm³/mol. The Hall–Kier alpha value is -0.870. The summed E-state index contributed by atoms with van der Waals surface area (Å²) in [6.07, 6.45) is 9.92. The minimum absolute atomic E-state index is 0.00808. The van der Waals surface area contributed by atoms with E-state index < -0.39 is 0 Å². The maximum absolute atomic E-state index is 6.26. The summed E-state index contributed by atoms with van der Waals surface area (Å²) in [5, 5.41) is 7.79. The first-order valence-corrected chi connectivity index (χ1v) is 7.88. The number of hydrogen-bond acceptors (Lipinski definition) is 3. The Balaban J connectivity index is 2.12. The fourth-order valence-electron chi connectivity index (χ4n) is 3.50. The molecule has 1 aromatic rings. The zero-order chi connectivity index (χ0) is 14.6. The predicted octanol–water partition coefficient (Wildman–Crippen LogP) is 2.54. The van der Waals surface area contributed by atoms with Crippen molar-refractivity contribution in [3.8, 4) is 0 Å². The summed E-state index contributed by atoms with van der Waals surface area (Å²) in [6, 6.07) is 0.360. The van der Waals surface area contributed by atoms with Crippen LogP contribution in [0.3, 0.4) is 0 Å². The molecule has 0 spiro atoms. The van der Waals surface area contributed by atoms with Gasteiger partial charge in [0.2, 0.25) is 0 Å². The van der Waals surface area contributed by atoms with Crippen LogP contribution in [-0.4, -0.2) is 35.1 Å². The third-order valence-corrected chi connectivity index (χ3v) is 4.73. The van der Waals surface area contributed by atoms with E-state index in [1.165, 1.54) is 18.4 Å². The Morgan fingerprint density at radius 3 is 2.70 bits per heavy atom. The number of nitrogens with zero attached hydrogens (tertiary/aromatic N) is 2. The van der Waals surface area contributed by atoms with Gasteiger partial charge < -0.3 is 10.1 Å².